The Balaban J connectivity index is 2.42. The Morgan fingerprint density at radius 1 is 1.43 bits per heavy atom. The molecule has 2 heterocycles. The highest BCUT2D eigenvalue weighted by Crippen LogP contribution is 2.34. The molecular formula is C9H8BrNOS2. The zero-order valence-corrected chi connectivity index (χ0v) is 10.7. The number of thiophene rings is 1. The van der Waals surface area contributed by atoms with Crippen LogP contribution in [0.4, 0.5) is 0 Å². The van der Waals surface area contributed by atoms with Crippen molar-refractivity contribution in [2.45, 2.75) is 13.5 Å². The summed E-state index contributed by atoms with van der Waals surface area (Å²) in [7, 11) is 0. The molecule has 0 aliphatic heterocycles. The van der Waals surface area contributed by atoms with Crippen LogP contribution in [0.2, 0.25) is 0 Å². The first kappa shape index (κ1) is 10.3. The minimum absolute atomic E-state index is 0.0794. The topological polar surface area (TPSA) is 33.1 Å². The fraction of sp³-hybridized carbons (Fsp3) is 0.222. The predicted molar refractivity (Wildman–Crippen MR) is 63.8 cm³/mol. The maximum atomic E-state index is 9.05. The molecule has 74 valence electrons. The van der Waals surface area contributed by atoms with Gasteiger partial charge < -0.3 is 5.11 Å². The van der Waals surface area contributed by atoms with E-state index in [1.165, 1.54) is 0 Å². The summed E-state index contributed by atoms with van der Waals surface area (Å²) in [4.78, 5) is 6.50. The molecule has 14 heavy (non-hydrogen) atoms. The minimum Gasteiger partial charge on any atom is -0.391 e. The third-order valence-electron chi connectivity index (χ3n) is 1.82. The number of aryl methyl sites for hydroxylation is 1. The van der Waals surface area contributed by atoms with Crippen molar-refractivity contribution in [2.75, 3.05) is 0 Å². The predicted octanol–water partition coefficient (Wildman–Crippen LogP) is 3.43. The van der Waals surface area contributed by atoms with Crippen LogP contribution in [-0.2, 0) is 6.61 Å². The van der Waals surface area contributed by atoms with E-state index in [-0.39, 0.29) is 6.61 Å². The second kappa shape index (κ2) is 4.10. The van der Waals surface area contributed by atoms with Crippen molar-refractivity contribution in [3.8, 4) is 9.88 Å². The molecule has 0 saturated carbocycles. The van der Waals surface area contributed by atoms with E-state index in [2.05, 4.69) is 20.9 Å². The number of aromatic nitrogens is 1. The summed E-state index contributed by atoms with van der Waals surface area (Å²) in [5.41, 5.74) is 0.928. The molecule has 0 bridgehead atoms. The molecule has 2 aromatic rings. The van der Waals surface area contributed by atoms with E-state index >= 15 is 0 Å². The number of thiazole rings is 1. The number of halogens is 1. The van der Waals surface area contributed by atoms with Crippen LogP contribution in [0.3, 0.4) is 0 Å². The lowest BCUT2D eigenvalue weighted by molar-refractivity contribution is 0.284. The molecule has 2 rings (SSSR count). The Labute approximate surface area is 98.4 Å². The fourth-order valence-corrected chi connectivity index (χ4v) is 3.47. The Kier molecular flexibility index (Phi) is 3.02. The Hall–Kier alpha value is -0.230. The van der Waals surface area contributed by atoms with Gasteiger partial charge in [-0.2, -0.15) is 0 Å². The highest BCUT2D eigenvalue weighted by atomic mass is 79.9. The van der Waals surface area contributed by atoms with Crippen LogP contribution in [0.15, 0.2) is 15.9 Å². The molecule has 0 spiro atoms. The van der Waals surface area contributed by atoms with Crippen LogP contribution in [0.25, 0.3) is 9.88 Å². The summed E-state index contributed by atoms with van der Waals surface area (Å²) in [6.07, 6.45) is 0. The second-order valence-corrected chi connectivity index (χ2v) is 6.34. The number of rotatable bonds is 2. The van der Waals surface area contributed by atoms with Crippen molar-refractivity contribution in [1.82, 2.24) is 4.98 Å². The van der Waals surface area contributed by atoms with Gasteiger partial charge in [-0.3, -0.25) is 0 Å². The van der Waals surface area contributed by atoms with Crippen LogP contribution in [0.1, 0.15) is 10.6 Å². The quantitative estimate of drug-likeness (QED) is 0.919. The molecule has 5 heteroatoms. The van der Waals surface area contributed by atoms with Gasteiger partial charge in [0.1, 0.15) is 5.01 Å². The molecular weight excluding hydrogens is 282 g/mol. The van der Waals surface area contributed by atoms with Crippen molar-refractivity contribution >= 4 is 38.6 Å². The van der Waals surface area contributed by atoms with Crippen molar-refractivity contribution in [2.24, 2.45) is 0 Å². The van der Waals surface area contributed by atoms with E-state index in [9.17, 15) is 0 Å². The van der Waals surface area contributed by atoms with Gasteiger partial charge in [0.05, 0.1) is 25.8 Å². The van der Waals surface area contributed by atoms with Gasteiger partial charge in [-0.15, -0.1) is 22.7 Å². The standard InChI is InChI=1S/C9H8BrNOS2/c1-5-7(4-12)14-9(11-5)6-2-3-8(10)13-6/h2-3,12H,4H2,1H3. The van der Waals surface area contributed by atoms with Crippen molar-refractivity contribution in [3.05, 3.63) is 26.5 Å². The monoisotopic (exact) mass is 289 g/mol. The maximum absolute atomic E-state index is 9.05. The summed E-state index contributed by atoms with van der Waals surface area (Å²) < 4.78 is 1.10. The third kappa shape index (κ3) is 1.91. The molecule has 0 aliphatic rings. The van der Waals surface area contributed by atoms with Gasteiger partial charge in [-0.1, -0.05) is 0 Å². The summed E-state index contributed by atoms with van der Waals surface area (Å²) in [5, 5.41) is 10.0. The first-order chi connectivity index (χ1) is 6.70. The molecule has 0 fully saturated rings. The number of aliphatic hydroxyl groups is 1. The van der Waals surface area contributed by atoms with E-state index in [1.807, 2.05) is 19.1 Å². The lowest BCUT2D eigenvalue weighted by Crippen LogP contribution is -1.80. The summed E-state index contributed by atoms with van der Waals surface area (Å²) in [6, 6.07) is 4.05. The normalized spacial score (nSPS) is 10.8. The van der Waals surface area contributed by atoms with E-state index in [0.29, 0.717) is 0 Å². The number of hydrogen-bond acceptors (Lipinski definition) is 4. The lowest BCUT2D eigenvalue weighted by atomic mass is 10.4. The Morgan fingerprint density at radius 3 is 2.71 bits per heavy atom. The molecule has 0 radical (unpaired) electrons. The number of nitrogens with zero attached hydrogens (tertiary/aromatic N) is 1. The van der Waals surface area contributed by atoms with Gasteiger partial charge in [-0.25, -0.2) is 4.98 Å². The van der Waals surface area contributed by atoms with E-state index in [4.69, 9.17) is 5.11 Å². The van der Waals surface area contributed by atoms with Gasteiger partial charge in [0.15, 0.2) is 0 Å². The Bertz CT molecular complexity index is 449. The lowest BCUT2D eigenvalue weighted by Gasteiger charge is -1.85. The molecule has 2 aromatic heterocycles. The van der Waals surface area contributed by atoms with Crippen LogP contribution in [0, 0.1) is 6.92 Å². The van der Waals surface area contributed by atoms with Crippen molar-refractivity contribution < 1.29 is 5.11 Å². The minimum atomic E-state index is 0.0794. The average Bonchev–Trinajstić information content (AvgIpc) is 2.71. The van der Waals surface area contributed by atoms with E-state index in [1.54, 1.807) is 22.7 Å². The van der Waals surface area contributed by atoms with Gasteiger partial charge in [0.2, 0.25) is 0 Å². The number of hydrogen-bond donors (Lipinski definition) is 1. The summed E-state index contributed by atoms with van der Waals surface area (Å²) >= 11 is 6.63. The fourth-order valence-electron chi connectivity index (χ4n) is 1.11. The Morgan fingerprint density at radius 2 is 2.21 bits per heavy atom. The van der Waals surface area contributed by atoms with E-state index < -0.39 is 0 Å². The summed E-state index contributed by atoms with van der Waals surface area (Å²) in [6.45, 7) is 2.00. The first-order valence-corrected chi connectivity index (χ1v) is 6.46. The largest absolute Gasteiger partial charge is 0.391 e. The average molecular weight is 290 g/mol. The van der Waals surface area contributed by atoms with Crippen LogP contribution in [-0.4, -0.2) is 10.1 Å². The van der Waals surface area contributed by atoms with Crippen molar-refractivity contribution in [3.63, 3.8) is 0 Å². The molecule has 2 nitrogen and oxygen atoms in total. The van der Waals surface area contributed by atoms with Crippen LogP contribution >= 0.6 is 38.6 Å². The molecule has 0 saturated heterocycles. The molecule has 0 amide bonds. The summed E-state index contributed by atoms with van der Waals surface area (Å²) in [5.74, 6) is 0. The smallest absolute Gasteiger partial charge is 0.134 e. The molecule has 0 aromatic carbocycles. The SMILES string of the molecule is Cc1nc(-c2ccc(Br)s2)sc1CO. The van der Waals surface area contributed by atoms with Gasteiger partial charge in [-0.05, 0) is 35.0 Å². The van der Waals surface area contributed by atoms with Crippen LogP contribution in [0.5, 0.6) is 0 Å². The van der Waals surface area contributed by atoms with Crippen LogP contribution < -0.4 is 0 Å². The molecule has 0 aliphatic carbocycles. The highest BCUT2D eigenvalue weighted by molar-refractivity contribution is 9.11. The molecule has 1 N–H and O–H groups in total. The van der Waals surface area contributed by atoms with Gasteiger partial charge in [0, 0.05) is 0 Å². The number of aliphatic hydroxyl groups excluding tert-OH is 1. The third-order valence-corrected chi connectivity index (χ3v) is 4.76. The molecule has 0 unspecified atom stereocenters. The van der Waals surface area contributed by atoms with Gasteiger partial charge in [0.25, 0.3) is 0 Å². The van der Waals surface area contributed by atoms with Gasteiger partial charge >= 0.3 is 0 Å². The zero-order chi connectivity index (χ0) is 10.1. The first-order valence-electron chi connectivity index (χ1n) is 4.03. The zero-order valence-electron chi connectivity index (χ0n) is 7.45. The van der Waals surface area contributed by atoms with Crippen molar-refractivity contribution in [1.29, 1.82) is 0 Å². The molecule has 0 atom stereocenters. The second-order valence-electron chi connectivity index (χ2n) is 2.79. The maximum Gasteiger partial charge on any atom is 0.134 e. The highest BCUT2D eigenvalue weighted by Gasteiger charge is 2.09. The van der Waals surface area contributed by atoms with E-state index in [0.717, 1.165) is 24.2 Å².